The third-order valence-electron chi connectivity index (χ3n) is 6.47. The molecule has 1 aliphatic heterocycles. The van der Waals surface area contributed by atoms with E-state index in [4.69, 9.17) is 20.9 Å². The Morgan fingerprint density at radius 2 is 1.83 bits per heavy atom. The summed E-state index contributed by atoms with van der Waals surface area (Å²) in [5, 5.41) is 20.2. The maximum absolute atomic E-state index is 12.6. The molecule has 0 aliphatic carbocycles. The van der Waals surface area contributed by atoms with Gasteiger partial charge in [0, 0.05) is 30.7 Å². The number of imidazole rings is 1. The van der Waals surface area contributed by atoms with Crippen LogP contribution in [0.4, 0.5) is 5.82 Å². The van der Waals surface area contributed by atoms with Crippen LogP contribution >= 0.6 is 36.1 Å². The van der Waals surface area contributed by atoms with E-state index < -0.39 is 78.6 Å². The third kappa shape index (κ3) is 11.2. The summed E-state index contributed by atoms with van der Waals surface area (Å²) in [5.41, 5.74) is 4.34. The Labute approximate surface area is 278 Å². The molecule has 1 fully saturated rings. The molecule has 0 spiro atoms. The van der Waals surface area contributed by atoms with E-state index in [1.54, 1.807) is 0 Å². The number of anilines is 1. The lowest BCUT2D eigenvalue weighted by Gasteiger charge is -2.30. The van der Waals surface area contributed by atoms with Crippen LogP contribution < -0.4 is 16.4 Å². The van der Waals surface area contributed by atoms with Crippen LogP contribution in [0.1, 0.15) is 26.5 Å². The van der Waals surface area contributed by atoms with Crippen molar-refractivity contribution in [2.24, 2.45) is 5.41 Å². The zero-order valence-electron chi connectivity index (χ0n) is 26.2. The minimum Gasteiger partial charge on any atom is -0.386 e. The average molecular weight is 769 g/mol. The standard InChI is InChI=1S/C21H36N7O16P3S/c1-21(2,16(31)19(32)24-4-3-12(29)23-5-6-48)8-41-47(38,39)44-46(36,37)40-7-11-15(43-45(33,34)35)14(30)20(42-11)28-10-27-13-17(22)25-9-26-18(13)28/h9-11,14-16,20,30-31,48H,3-8H2,1-2H3,(H,23,29)(H,24,32)(H,36,37)(H,38,39)(H2,22,25,26)(H2,33,34,35)/t11-,14-,15-,16+,20-/m1/s1/i31D. The number of aliphatic hydroxyl groups is 2. The first kappa shape index (κ1) is 38.7. The Kier molecular flexibility index (Phi) is 13.1. The van der Waals surface area contributed by atoms with E-state index in [2.05, 4.69) is 52.2 Å². The molecule has 1 aliphatic rings. The number of aliphatic hydroxyl groups excluding tert-OH is 2. The molecule has 2 aromatic rings. The summed E-state index contributed by atoms with van der Waals surface area (Å²) < 4.78 is 69.3. The number of nitrogen functional groups attached to an aromatic ring is 1. The summed E-state index contributed by atoms with van der Waals surface area (Å²) >= 11 is 3.96. The molecule has 0 bridgehead atoms. The fourth-order valence-electron chi connectivity index (χ4n) is 4.13. The van der Waals surface area contributed by atoms with Gasteiger partial charge in [-0.25, -0.2) is 28.6 Å². The fraction of sp³-hybridized carbons (Fsp3) is 0.667. The molecule has 10 N–H and O–H groups in total. The van der Waals surface area contributed by atoms with Gasteiger partial charge < -0.3 is 50.9 Å². The van der Waals surface area contributed by atoms with Crippen LogP contribution in [0.25, 0.3) is 11.2 Å². The number of phosphoric ester groups is 3. The molecule has 0 saturated carbocycles. The van der Waals surface area contributed by atoms with Crippen LogP contribution in [0.3, 0.4) is 0 Å². The molecule has 0 radical (unpaired) electrons. The van der Waals surface area contributed by atoms with Gasteiger partial charge in [0.1, 0.15) is 36.3 Å². The Bertz CT molecular complexity index is 1620. The number of thiol groups is 1. The number of hydrogen-bond donors (Lipinski definition) is 10. The first-order chi connectivity index (χ1) is 22.7. The number of fused-ring (bicyclic) bond motifs is 1. The Balaban J connectivity index is 1.63. The van der Waals surface area contributed by atoms with Gasteiger partial charge in [-0.05, 0) is 0 Å². The SMILES string of the molecule is [2H]O[C@@H](C(=O)NCCC(=O)NCCS)C(C)(C)COP(=O)(O)OP(=O)(O)OC[C@H]1O[C@@H](n2cnc3c(N)ncnc32)[C@H](O)[C@@H]1OP(=O)(O)O. The monoisotopic (exact) mass is 768 g/mol. The van der Waals surface area contributed by atoms with E-state index in [-0.39, 0.29) is 35.9 Å². The summed E-state index contributed by atoms with van der Waals surface area (Å²) in [5.74, 6) is -0.880. The van der Waals surface area contributed by atoms with Crippen LogP contribution in [-0.2, 0) is 45.9 Å². The topological polar surface area (TPSA) is 347 Å². The second kappa shape index (κ2) is 16.3. The van der Waals surface area contributed by atoms with Gasteiger partial charge in [-0.1, -0.05) is 13.8 Å². The molecule has 48 heavy (non-hydrogen) atoms. The second-order valence-corrected chi connectivity index (χ2v) is 15.5. The Morgan fingerprint density at radius 1 is 1.15 bits per heavy atom. The molecular formula is C21H36N7O16P3S. The highest BCUT2D eigenvalue weighted by molar-refractivity contribution is 7.80. The van der Waals surface area contributed by atoms with Crippen molar-refractivity contribution >= 4 is 64.9 Å². The number of hydrogen-bond acceptors (Lipinski definition) is 17. The van der Waals surface area contributed by atoms with Gasteiger partial charge in [-0.15, -0.1) is 0 Å². The molecule has 2 amide bonds. The van der Waals surface area contributed by atoms with Crippen LogP contribution in [-0.4, -0.2) is 119 Å². The third-order valence-corrected chi connectivity index (χ3v) is 9.79. The number of nitrogens with two attached hydrogens (primary N) is 1. The normalized spacial score (nSPS) is 23.6. The zero-order valence-corrected chi connectivity index (χ0v) is 28.7. The van der Waals surface area contributed by atoms with Crippen molar-refractivity contribution in [1.29, 1.82) is 1.43 Å². The smallest absolute Gasteiger partial charge is 0.386 e. The summed E-state index contributed by atoms with van der Waals surface area (Å²) in [6.45, 7) is 0.807. The summed E-state index contributed by atoms with van der Waals surface area (Å²) in [7, 11) is -16.3. The number of carbonyl (C=O) groups is 2. The van der Waals surface area contributed by atoms with Crippen molar-refractivity contribution in [3.8, 4) is 0 Å². The van der Waals surface area contributed by atoms with Crippen molar-refractivity contribution in [3.63, 3.8) is 0 Å². The maximum Gasteiger partial charge on any atom is 0.481 e. The van der Waals surface area contributed by atoms with Gasteiger partial charge in [0.15, 0.2) is 17.7 Å². The highest BCUT2D eigenvalue weighted by atomic mass is 32.1. The predicted molar refractivity (Wildman–Crippen MR) is 163 cm³/mol. The van der Waals surface area contributed by atoms with Crippen LogP contribution in [0.2, 0.25) is 0 Å². The maximum atomic E-state index is 12.6. The molecule has 7 atom stereocenters. The van der Waals surface area contributed by atoms with E-state index in [1.807, 2.05) is 0 Å². The van der Waals surface area contributed by atoms with Crippen molar-refractivity contribution < 1.29 is 75.7 Å². The number of nitrogens with one attached hydrogen (secondary N) is 2. The lowest BCUT2D eigenvalue weighted by molar-refractivity contribution is -0.137. The highest BCUT2D eigenvalue weighted by Crippen LogP contribution is 2.61. The van der Waals surface area contributed by atoms with Crippen molar-refractivity contribution in [2.45, 2.75) is 50.9 Å². The molecule has 2 unspecified atom stereocenters. The number of amides is 2. The number of carbonyl (C=O) groups excluding carboxylic acids is 2. The largest absolute Gasteiger partial charge is 0.481 e. The Hall–Kier alpha value is -2.11. The lowest BCUT2D eigenvalue weighted by atomic mass is 9.87. The number of ether oxygens (including phenoxy) is 1. The van der Waals surface area contributed by atoms with Gasteiger partial charge in [-0.2, -0.15) is 16.9 Å². The molecule has 23 nitrogen and oxygen atoms in total. The molecule has 3 rings (SSSR count). The van der Waals surface area contributed by atoms with E-state index in [1.165, 1.54) is 13.8 Å². The molecule has 3 heterocycles. The van der Waals surface area contributed by atoms with Gasteiger partial charge in [0.25, 0.3) is 0 Å². The van der Waals surface area contributed by atoms with Crippen molar-refractivity contribution in [3.05, 3.63) is 12.7 Å². The molecule has 1 saturated heterocycles. The zero-order chi connectivity index (χ0) is 36.8. The number of nitrogens with zero attached hydrogens (tertiary/aromatic N) is 4. The van der Waals surface area contributed by atoms with Gasteiger partial charge in [0.05, 0.1) is 19.5 Å². The number of phosphoric acid groups is 3. The van der Waals surface area contributed by atoms with Crippen LogP contribution in [0.15, 0.2) is 12.7 Å². The number of aromatic nitrogens is 4. The first-order valence-corrected chi connectivity index (χ1v) is 18.8. The minimum absolute atomic E-state index is 0.0355. The average Bonchev–Trinajstić information content (AvgIpc) is 3.54. The van der Waals surface area contributed by atoms with E-state index in [9.17, 15) is 48.0 Å². The lowest BCUT2D eigenvalue weighted by Crippen LogP contribution is -2.46. The van der Waals surface area contributed by atoms with Crippen LogP contribution in [0, 0.1) is 5.41 Å². The molecule has 2 aromatic heterocycles. The van der Waals surface area contributed by atoms with Gasteiger partial charge in [0.2, 0.25) is 13.2 Å². The molecule has 272 valence electrons. The predicted octanol–water partition coefficient (Wildman–Crippen LogP) is -1.67. The van der Waals surface area contributed by atoms with Crippen molar-refractivity contribution in [2.75, 3.05) is 37.8 Å². The second-order valence-electron chi connectivity index (χ2n) is 10.8. The fourth-order valence-corrected chi connectivity index (χ4v) is 7.07. The summed E-state index contributed by atoms with van der Waals surface area (Å²) in [6, 6.07) is 0. The first-order valence-electron chi connectivity index (χ1n) is 14.0. The summed E-state index contributed by atoms with van der Waals surface area (Å²) in [6.07, 6.45) is -6.54. The van der Waals surface area contributed by atoms with Crippen LogP contribution in [0.5, 0.6) is 0 Å². The summed E-state index contributed by atoms with van der Waals surface area (Å²) in [4.78, 5) is 75.1. The highest BCUT2D eigenvalue weighted by Gasteiger charge is 2.50. The van der Waals surface area contributed by atoms with E-state index in [0.717, 1.165) is 17.2 Å². The Morgan fingerprint density at radius 3 is 2.48 bits per heavy atom. The van der Waals surface area contributed by atoms with E-state index in [0.29, 0.717) is 12.3 Å². The number of rotatable bonds is 19. The molecular weight excluding hydrogens is 731 g/mol. The van der Waals surface area contributed by atoms with Crippen molar-refractivity contribution in [1.82, 2.24) is 30.2 Å². The quantitative estimate of drug-likeness (QED) is 0.0564. The van der Waals surface area contributed by atoms with Gasteiger partial charge >= 0.3 is 23.5 Å². The minimum atomic E-state index is -5.55. The van der Waals surface area contributed by atoms with Gasteiger partial charge in [-0.3, -0.25) is 27.7 Å². The molecule has 27 heteroatoms. The van der Waals surface area contributed by atoms with E-state index >= 15 is 0 Å². The molecule has 0 aromatic carbocycles.